The monoisotopic (exact) mass is 444 g/mol. The van der Waals surface area contributed by atoms with Crippen LogP contribution in [0.4, 0.5) is 5.69 Å². The zero-order valence-corrected chi connectivity index (χ0v) is 18.8. The smallest absolute Gasteiger partial charge is 0.340 e. The van der Waals surface area contributed by atoms with Crippen LogP contribution in [0.5, 0.6) is 5.75 Å². The van der Waals surface area contributed by atoms with Crippen molar-refractivity contribution >= 4 is 38.5 Å². The van der Waals surface area contributed by atoms with Crippen molar-refractivity contribution in [1.29, 1.82) is 0 Å². The fraction of sp³-hybridized carbons (Fsp3) is 0.273. The first-order chi connectivity index (χ1) is 14.6. The topological polar surface area (TPSA) is 94.9 Å². The number of fused-ring (bicyclic) bond motifs is 1. The molecule has 0 N–H and O–H groups in total. The molecule has 0 fully saturated rings. The Hall–Kier alpha value is -3.33. The van der Waals surface area contributed by atoms with E-state index in [1.165, 1.54) is 31.9 Å². The maximum absolute atomic E-state index is 13.5. The first-order valence-electron chi connectivity index (χ1n) is 9.46. The Balaban J connectivity index is 2.17. The Labute approximate surface area is 181 Å². The third-order valence-electron chi connectivity index (χ3n) is 4.99. The molecule has 0 aliphatic heterocycles. The van der Waals surface area contributed by atoms with Crippen molar-refractivity contribution in [1.82, 2.24) is 4.57 Å². The molecule has 0 saturated heterocycles. The maximum atomic E-state index is 13.5. The number of hydrogen-bond acceptors (Lipinski definition) is 6. The molecule has 0 spiro atoms. The van der Waals surface area contributed by atoms with Crippen LogP contribution >= 0.6 is 0 Å². The lowest BCUT2D eigenvalue weighted by Gasteiger charge is -2.29. The molecule has 9 heteroatoms. The Bertz CT molecular complexity index is 1260. The summed E-state index contributed by atoms with van der Waals surface area (Å²) in [5.74, 6) is -0.792. The van der Waals surface area contributed by atoms with E-state index in [-0.39, 0.29) is 11.3 Å². The van der Waals surface area contributed by atoms with Gasteiger partial charge in [-0.05, 0) is 37.6 Å². The molecule has 3 rings (SSSR count). The summed E-state index contributed by atoms with van der Waals surface area (Å²) < 4.78 is 38.0. The number of rotatable bonds is 6. The van der Waals surface area contributed by atoms with Gasteiger partial charge in [0.15, 0.2) is 0 Å². The molecule has 3 aromatic rings. The standard InChI is InChI=1S/C22H24N2O6S/c1-14-10-11-20(29-3)19(12-14)24(31(5,27)28)15(2)21(25)23-13-17(22(26)30-4)16-8-6-7-9-18(16)23/h6-13,15H,1-5H3/t15-/m1/s1. The van der Waals surface area contributed by atoms with E-state index in [1.807, 2.05) is 6.92 Å². The van der Waals surface area contributed by atoms with Crippen LogP contribution in [-0.4, -0.2) is 51.4 Å². The van der Waals surface area contributed by atoms with Crippen LogP contribution in [0.25, 0.3) is 10.9 Å². The number of ether oxygens (including phenoxy) is 2. The highest BCUT2D eigenvalue weighted by molar-refractivity contribution is 7.92. The van der Waals surface area contributed by atoms with Gasteiger partial charge in [0, 0.05) is 11.6 Å². The third kappa shape index (κ3) is 4.13. The number of hydrogen-bond donors (Lipinski definition) is 0. The van der Waals surface area contributed by atoms with Crippen molar-refractivity contribution in [2.45, 2.75) is 19.9 Å². The molecular formula is C22H24N2O6S. The highest BCUT2D eigenvalue weighted by atomic mass is 32.2. The predicted octanol–water partition coefficient (Wildman–Crippen LogP) is 3.24. The fourth-order valence-corrected chi connectivity index (χ4v) is 4.75. The zero-order valence-electron chi connectivity index (χ0n) is 17.9. The van der Waals surface area contributed by atoms with E-state index in [4.69, 9.17) is 9.47 Å². The molecule has 1 heterocycles. The SMILES string of the molecule is COC(=O)c1cn(C(=O)[C@@H](C)N(c2cc(C)ccc2OC)S(C)(=O)=O)c2ccccc12. The average molecular weight is 445 g/mol. The van der Waals surface area contributed by atoms with Gasteiger partial charge in [-0.3, -0.25) is 13.7 Å². The number of aryl methyl sites for hydroxylation is 1. The van der Waals surface area contributed by atoms with Gasteiger partial charge < -0.3 is 9.47 Å². The second-order valence-corrected chi connectivity index (χ2v) is 9.03. The van der Waals surface area contributed by atoms with Gasteiger partial charge in [0.25, 0.3) is 5.91 Å². The summed E-state index contributed by atoms with van der Waals surface area (Å²) >= 11 is 0. The van der Waals surface area contributed by atoms with Gasteiger partial charge in [0.2, 0.25) is 10.0 Å². The zero-order chi connectivity index (χ0) is 22.9. The molecule has 0 bridgehead atoms. The predicted molar refractivity (Wildman–Crippen MR) is 118 cm³/mol. The van der Waals surface area contributed by atoms with Crippen LogP contribution in [-0.2, 0) is 14.8 Å². The maximum Gasteiger partial charge on any atom is 0.340 e. The van der Waals surface area contributed by atoms with Crippen molar-refractivity contribution in [3.8, 4) is 5.75 Å². The number of carbonyl (C=O) groups excluding carboxylic acids is 2. The molecule has 8 nitrogen and oxygen atoms in total. The van der Waals surface area contributed by atoms with Gasteiger partial charge in [-0.15, -0.1) is 0 Å². The highest BCUT2D eigenvalue weighted by Crippen LogP contribution is 2.33. The van der Waals surface area contributed by atoms with Crippen molar-refractivity contribution < 1.29 is 27.5 Å². The summed E-state index contributed by atoms with van der Waals surface area (Å²) in [5.41, 5.74) is 1.76. The van der Waals surface area contributed by atoms with Crippen molar-refractivity contribution in [2.24, 2.45) is 0 Å². The second kappa shape index (κ2) is 8.43. The quantitative estimate of drug-likeness (QED) is 0.542. The minimum atomic E-state index is -3.86. The van der Waals surface area contributed by atoms with Crippen LogP contribution in [0.1, 0.15) is 27.6 Å². The lowest BCUT2D eigenvalue weighted by Crippen LogP contribution is -2.45. The third-order valence-corrected chi connectivity index (χ3v) is 6.22. The normalized spacial score (nSPS) is 12.4. The Morgan fingerprint density at radius 2 is 1.77 bits per heavy atom. The number of aromatic nitrogens is 1. The van der Waals surface area contributed by atoms with Crippen LogP contribution in [0.2, 0.25) is 0 Å². The molecule has 0 unspecified atom stereocenters. The van der Waals surface area contributed by atoms with Gasteiger partial charge in [-0.25, -0.2) is 13.2 Å². The second-order valence-electron chi connectivity index (χ2n) is 7.17. The Morgan fingerprint density at radius 1 is 1.10 bits per heavy atom. The molecule has 0 aliphatic rings. The number of nitrogens with zero attached hydrogens (tertiary/aromatic N) is 2. The van der Waals surface area contributed by atoms with E-state index in [0.717, 1.165) is 16.1 Å². The van der Waals surface area contributed by atoms with Crippen molar-refractivity contribution in [3.63, 3.8) is 0 Å². The molecule has 31 heavy (non-hydrogen) atoms. The Kier molecular flexibility index (Phi) is 6.08. The van der Waals surface area contributed by atoms with E-state index in [2.05, 4.69) is 0 Å². The molecule has 1 aromatic heterocycles. The number of carbonyl (C=O) groups is 2. The Morgan fingerprint density at radius 3 is 2.39 bits per heavy atom. The number of methoxy groups -OCH3 is 2. The summed E-state index contributed by atoms with van der Waals surface area (Å²) in [5, 5.41) is 0.536. The van der Waals surface area contributed by atoms with Crippen LogP contribution < -0.4 is 9.04 Å². The van der Waals surface area contributed by atoms with Gasteiger partial charge in [-0.1, -0.05) is 24.3 Å². The summed E-state index contributed by atoms with van der Waals surface area (Å²) in [6.07, 6.45) is 2.41. The van der Waals surface area contributed by atoms with Crippen molar-refractivity contribution in [3.05, 3.63) is 59.8 Å². The molecule has 0 radical (unpaired) electrons. The van der Waals surface area contributed by atoms with Crippen LogP contribution in [0, 0.1) is 6.92 Å². The molecule has 0 amide bonds. The first kappa shape index (κ1) is 22.4. The largest absolute Gasteiger partial charge is 0.495 e. The molecule has 0 saturated carbocycles. The number of benzene rings is 2. The van der Waals surface area contributed by atoms with Crippen molar-refractivity contribution in [2.75, 3.05) is 24.8 Å². The summed E-state index contributed by atoms with van der Waals surface area (Å²) in [7, 11) is -1.17. The number of sulfonamides is 1. The van der Waals surface area contributed by atoms with Gasteiger partial charge in [0.05, 0.1) is 37.2 Å². The summed E-state index contributed by atoms with van der Waals surface area (Å²) in [6.45, 7) is 3.32. The average Bonchev–Trinajstić information content (AvgIpc) is 3.11. The number of para-hydroxylation sites is 1. The summed E-state index contributed by atoms with van der Waals surface area (Å²) in [6, 6.07) is 10.8. The summed E-state index contributed by atoms with van der Waals surface area (Å²) in [4.78, 5) is 25.7. The number of esters is 1. The van der Waals surface area contributed by atoms with Crippen LogP contribution in [0.3, 0.4) is 0 Å². The minimum Gasteiger partial charge on any atom is -0.495 e. The van der Waals surface area contributed by atoms with E-state index >= 15 is 0 Å². The van der Waals surface area contributed by atoms with Crippen LogP contribution in [0.15, 0.2) is 48.7 Å². The number of anilines is 1. The molecule has 164 valence electrons. The molecular weight excluding hydrogens is 420 g/mol. The minimum absolute atomic E-state index is 0.220. The molecule has 0 aliphatic carbocycles. The molecule has 1 atom stereocenters. The van der Waals surface area contributed by atoms with E-state index in [0.29, 0.717) is 16.7 Å². The van der Waals surface area contributed by atoms with Gasteiger partial charge in [0.1, 0.15) is 11.8 Å². The van der Waals surface area contributed by atoms with E-state index in [1.54, 1.807) is 42.5 Å². The fourth-order valence-electron chi connectivity index (χ4n) is 3.58. The van der Waals surface area contributed by atoms with E-state index < -0.39 is 27.9 Å². The lowest BCUT2D eigenvalue weighted by molar-refractivity contribution is 0.0603. The first-order valence-corrected chi connectivity index (χ1v) is 11.3. The van der Waals surface area contributed by atoms with Gasteiger partial charge in [-0.2, -0.15) is 0 Å². The van der Waals surface area contributed by atoms with Gasteiger partial charge >= 0.3 is 5.97 Å². The van der Waals surface area contributed by atoms with E-state index in [9.17, 15) is 18.0 Å². The highest BCUT2D eigenvalue weighted by Gasteiger charge is 2.33. The molecule has 2 aromatic carbocycles. The lowest BCUT2D eigenvalue weighted by atomic mass is 10.2.